The van der Waals surface area contributed by atoms with Crippen LogP contribution in [0.5, 0.6) is 0 Å². The number of hydrogen-bond donors (Lipinski definition) is 3. The van der Waals surface area contributed by atoms with Crippen molar-refractivity contribution in [2.75, 3.05) is 32.4 Å². The minimum Gasteiger partial charge on any atom is -0.357 e. The van der Waals surface area contributed by atoms with Crippen LogP contribution < -0.4 is 15.4 Å². The number of hydrogen-bond acceptors (Lipinski definition) is 3. The van der Waals surface area contributed by atoms with Gasteiger partial charge in [-0.05, 0) is 13.8 Å². The van der Waals surface area contributed by atoms with Crippen molar-refractivity contribution in [3.05, 3.63) is 0 Å². The van der Waals surface area contributed by atoms with Gasteiger partial charge in [-0.15, -0.1) is 0 Å². The van der Waals surface area contributed by atoms with Gasteiger partial charge in [-0.2, -0.15) is 0 Å². The summed E-state index contributed by atoms with van der Waals surface area (Å²) < 4.78 is 23.8. The highest BCUT2D eigenvalue weighted by Crippen LogP contribution is 1.76. The Morgan fingerprint density at radius 3 is 2.13 bits per heavy atom. The summed E-state index contributed by atoms with van der Waals surface area (Å²) in [6.07, 6.45) is 1.13. The number of nitrogens with one attached hydrogen (secondary N) is 3. The Hall–Kier alpha value is -0.820. The molecule has 0 aromatic carbocycles. The van der Waals surface area contributed by atoms with Gasteiger partial charge in [-0.1, -0.05) is 0 Å². The minimum atomic E-state index is -3.11. The molecule has 0 saturated heterocycles. The Balaban J connectivity index is 3.89. The van der Waals surface area contributed by atoms with Gasteiger partial charge in [0.2, 0.25) is 10.0 Å². The van der Waals surface area contributed by atoms with E-state index in [0.29, 0.717) is 19.0 Å². The molecule has 0 aromatic heterocycles. The number of guanidine groups is 1. The van der Waals surface area contributed by atoms with Gasteiger partial charge < -0.3 is 10.6 Å². The van der Waals surface area contributed by atoms with Gasteiger partial charge in [-0.3, -0.25) is 4.99 Å². The molecule has 0 fully saturated rings. The fourth-order valence-corrected chi connectivity index (χ4v) is 1.37. The molecule has 0 aliphatic carbocycles. The third kappa shape index (κ3) is 9.48. The molecule has 0 rings (SSSR count). The van der Waals surface area contributed by atoms with E-state index in [4.69, 9.17) is 0 Å². The monoisotopic (exact) mass is 236 g/mol. The molecular formula is C8H20N4O2S. The minimum absolute atomic E-state index is 0.319. The van der Waals surface area contributed by atoms with Crippen molar-refractivity contribution in [3.63, 3.8) is 0 Å². The zero-order chi connectivity index (χ0) is 11.7. The van der Waals surface area contributed by atoms with Crippen LogP contribution in [0.2, 0.25) is 0 Å². The highest BCUT2D eigenvalue weighted by Gasteiger charge is 1.98. The van der Waals surface area contributed by atoms with Crippen molar-refractivity contribution >= 4 is 16.0 Å². The SMILES string of the molecule is CCNC(=NCCNS(C)(=O)=O)NCC. The normalized spacial score (nSPS) is 10.9. The second kappa shape index (κ2) is 7.47. The van der Waals surface area contributed by atoms with Crippen LogP contribution in [0.25, 0.3) is 0 Å². The Kier molecular flexibility index (Phi) is 7.06. The summed E-state index contributed by atoms with van der Waals surface area (Å²) in [6, 6.07) is 0. The second-order valence-corrected chi connectivity index (χ2v) is 4.79. The van der Waals surface area contributed by atoms with Crippen molar-refractivity contribution < 1.29 is 8.42 Å². The van der Waals surface area contributed by atoms with Crippen LogP contribution in [-0.4, -0.2) is 46.8 Å². The van der Waals surface area contributed by atoms with E-state index >= 15 is 0 Å². The molecule has 0 aliphatic rings. The predicted molar refractivity (Wildman–Crippen MR) is 62.5 cm³/mol. The van der Waals surface area contributed by atoms with Gasteiger partial charge in [0, 0.05) is 19.6 Å². The maximum absolute atomic E-state index is 10.7. The summed E-state index contributed by atoms with van der Waals surface area (Å²) in [4.78, 5) is 4.17. The molecule has 0 bridgehead atoms. The number of nitrogens with zero attached hydrogens (tertiary/aromatic N) is 1. The van der Waals surface area contributed by atoms with Gasteiger partial charge in [0.15, 0.2) is 5.96 Å². The Morgan fingerprint density at radius 2 is 1.73 bits per heavy atom. The number of sulfonamides is 1. The zero-order valence-corrected chi connectivity index (χ0v) is 10.3. The van der Waals surface area contributed by atoms with E-state index in [-0.39, 0.29) is 0 Å². The summed E-state index contributed by atoms with van der Waals surface area (Å²) in [5.41, 5.74) is 0. The molecule has 3 N–H and O–H groups in total. The first-order valence-corrected chi connectivity index (χ1v) is 6.85. The smallest absolute Gasteiger partial charge is 0.208 e. The van der Waals surface area contributed by atoms with Gasteiger partial charge in [-0.25, -0.2) is 13.1 Å². The van der Waals surface area contributed by atoms with Crippen molar-refractivity contribution in [2.24, 2.45) is 4.99 Å². The molecule has 0 atom stereocenters. The van der Waals surface area contributed by atoms with Crippen LogP contribution in [-0.2, 0) is 10.0 Å². The van der Waals surface area contributed by atoms with E-state index in [2.05, 4.69) is 20.3 Å². The van der Waals surface area contributed by atoms with Crippen LogP contribution in [0.3, 0.4) is 0 Å². The van der Waals surface area contributed by atoms with E-state index in [1.54, 1.807) is 0 Å². The molecule has 0 unspecified atom stereocenters. The Bertz CT molecular complexity index is 279. The summed E-state index contributed by atoms with van der Waals surface area (Å²) in [5, 5.41) is 6.09. The molecular weight excluding hydrogens is 216 g/mol. The van der Waals surface area contributed by atoms with E-state index in [1.165, 1.54) is 0 Å². The first-order valence-electron chi connectivity index (χ1n) is 4.96. The van der Waals surface area contributed by atoms with Crippen LogP contribution >= 0.6 is 0 Å². The fraction of sp³-hybridized carbons (Fsp3) is 0.875. The predicted octanol–water partition coefficient (Wildman–Crippen LogP) is -0.889. The Morgan fingerprint density at radius 1 is 1.20 bits per heavy atom. The third-order valence-electron chi connectivity index (χ3n) is 1.43. The molecule has 0 aliphatic heterocycles. The van der Waals surface area contributed by atoms with E-state index < -0.39 is 10.0 Å². The molecule has 0 amide bonds. The maximum atomic E-state index is 10.7. The molecule has 15 heavy (non-hydrogen) atoms. The molecule has 90 valence electrons. The van der Waals surface area contributed by atoms with Gasteiger partial charge in [0.25, 0.3) is 0 Å². The Labute approximate surface area is 91.6 Å². The highest BCUT2D eigenvalue weighted by atomic mass is 32.2. The van der Waals surface area contributed by atoms with Crippen LogP contribution in [0, 0.1) is 0 Å². The number of aliphatic imine (C=N–C) groups is 1. The molecule has 0 spiro atoms. The molecule has 0 saturated carbocycles. The van der Waals surface area contributed by atoms with Crippen LogP contribution in [0.15, 0.2) is 4.99 Å². The van der Waals surface area contributed by atoms with Gasteiger partial charge in [0.1, 0.15) is 0 Å². The molecule has 0 aromatic rings. The van der Waals surface area contributed by atoms with E-state index in [0.717, 1.165) is 19.3 Å². The second-order valence-electron chi connectivity index (χ2n) is 2.96. The zero-order valence-electron chi connectivity index (χ0n) is 9.50. The van der Waals surface area contributed by atoms with Crippen molar-refractivity contribution in [1.82, 2.24) is 15.4 Å². The lowest BCUT2D eigenvalue weighted by Gasteiger charge is -2.08. The van der Waals surface area contributed by atoms with Crippen molar-refractivity contribution in [2.45, 2.75) is 13.8 Å². The average molecular weight is 236 g/mol. The summed E-state index contributed by atoms with van der Waals surface area (Å²) in [6.45, 7) is 6.25. The summed E-state index contributed by atoms with van der Waals surface area (Å²) in [5.74, 6) is 0.704. The largest absolute Gasteiger partial charge is 0.357 e. The lowest BCUT2D eigenvalue weighted by molar-refractivity contribution is 0.588. The van der Waals surface area contributed by atoms with E-state index in [1.807, 2.05) is 13.8 Å². The lowest BCUT2D eigenvalue weighted by atomic mass is 10.6. The molecule has 6 nitrogen and oxygen atoms in total. The lowest BCUT2D eigenvalue weighted by Crippen LogP contribution is -2.37. The van der Waals surface area contributed by atoms with Crippen molar-refractivity contribution in [3.8, 4) is 0 Å². The van der Waals surface area contributed by atoms with Crippen LogP contribution in [0.1, 0.15) is 13.8 Å². The fourth-order valence-electron chi connectivity index (χ4n) is 0.908. The maximum Gasteiger partial charge on any atom is 0.208 e. The topological polar surface area (TPSA) is 82.6 Å². The quantitative estimate of drug-likeness (QED) is 0.317. The summed E-state index contributed by atoms with van der Waals surface area (Å²) >= 11 is 0. The number of rotatable bonds is 6. The van der Waals surface area contributed by atoms with Gasteiger partial charge >= 0.3 is 0 Å². The summed E-state index contributed by atoms with van der Waals surface area (Å²) in [7, 11) is -3.11. The van der Waals surface area contributed by atoms with Gasteiger partial charge in [0.05, 0.1) is 12.8 Å². The first-order chi connectivity index (χ1) is 6.99. The van der Waals surface area contributed by atoms with E-state index in [9.17, 15) is 8.42 Å². The molecule has 7 heteroatoms. The first kappa shape index (κ1) is 14.2. The van der Waals surface area contributed by atoms with Crippen molar-refractivity contribution in [1.29, 1.82) is 0 Å². The standard InChI is InChI=1S/C8H20N4O2S/c1-4-9-8(10-5-2)11-6-7-12-15(3,13)14/h12H,4-7H2,1-3H3,(H2,9,10,11). The highest BCUT2D eigenvalue weighted by molar-refractivity contribution is 7.88. The molecule has 0 radical (unpaired) electrons. The van der Waals surface area contributed by atoms with Crippen LogP contribution in [0.4, 0.5) is 0 Å². The average Bonchev–Trinajstić information content (AvgIpc) is 2.11. The third-order valence-corrected chi connectivity index (χ3v) is 2.16. The molecule has 0 heterocycles.